The number of hydrogen-bond acceptors (Lipinski definition) is 8. The van der Waals surface area contributed by atoms with Crippen molar-refractivity contribution in [3.8, 4) is 6.07 Å². The Balaban J connectivity index is 2.08. The molecule has 0 bridgehead atoms. The normalized spacial score (nSPS) is 26.2. The molecule has 0 radical (unpaired) electrons. The summed E-state index contributed by atoms with van der Waals surface area (Å²) in [6.07, 6.45) is -0.758. The van der Waals surface area contributed by atoms with Crippen molar-refractivity contribution in [1.82, 2.24) is 15.3 Å². The van der Waals surface area contributed by atoms with Crippen molar-refractivity contribution in [2.75, 3.05) is 13.2 Å². The van der Waals surface area contributed by atoms with Crippen LogP contribution in [0.5, 0.6) is 0 Å². The quantitative estimate of drug-likeness (QED) is 0.214. The lowest BCUT2D eigenvalue weighted by Crippen LogP contribution is -2.45. The summed E-state index contributed by atoms with van der Waals surface area (Å²) < 4.78 is 31.1. The fourth-order valence-electron chi connectivity index (χ4n) is 2.54. The Bertz CT molecular complexity index is 643. The van der Waals surface area contributed by atoms with Crippen LogP contribution in [0.3, 0.4) is 0 Å². The molecule has 2 amide bonds. The number of ether oxygens (including phenoxy) is 1. The van der Waals surface area contributed by atoms with Gasteiger partial charge in [0.2, 0.25) is 0 Å². The summed E-state index contributed by atoms with van der Waals surface area (Å²) in [6, 6.07) is 1.45. The minimum absolute atomic E-state index is 0.0507. The van der Waals surface area contributed by atoms with Gasteiger partial charge in [-0.05, 0) is 13.8 Å². The van der Waals surface area contributed by atoms with Crippen LogP contribution in [-0.2, 0) is 18.7 Å². The number of carbonyl (C=O) groups excluding carboxylic acids is 1. The summed E-state index contributed by atoms with van der Waals surface area (Å²) in [6.45, 7) is 7.20. The lowest BCUT2D eigenvalue weighted by molar-refractivity contribution is -0.264. The topological polar surface area (TPSA) is 125 Å². The van der Waals surface area contributed by atoms with E-state index >= 15 is 0 Å². The predicted molar refractivity (Wildman–Crippen MR) is 96.8 cm³/mol. The molecule has 0 aromatic carbocycles. The predicted octanol–water partition coefficient (Wildman–Crippen LogP) is 2.48. The van der Waals surface area contributed by atoms with Crippen LogP contribution in [0.4, 0.5) is 9.18 Å². The molecule has 12 heteroatoms. The number of urea groups is 1. The highest BCUT2D eigenvalue weighted by Crippen LogP contribution is 2.41. The number of halogens is 1. The summed E-state index contributed by atoms with van der Waals surface area (Å²) in [5, 5.41) is 22.9. The van der Waals surface area contributed by atoms with Gasteiger partial charge in [-0.3, -0.25) is 10.2 Å². The van der Waals surface area contributed by atoms with Gasteiger partial charge < -0.3 is 19.1 Å². The van der Waals surface area contributed by atoms with E-state index in [1.165, 1.54) is 0 Å². The van der Waals surface area contributed by atoms with Gasteiger partial charge in [0.05, 0.1) is 30.9 Å². The third kappa shape index (κ3) is 6.18. The van der Waals surface area contributed by atoms with E-state index in [-0.39, 0.29) is 37.8 Å². The Labute approximate surface area is 163 Å². The van der Waals surface area contributed by atoms with E-state index < -0.39 is 38.8 Å². The van der Waals surface area contributed by atoms with E-state index in [0.717, 1.165) is 11.1 Å². The first-order valence-corrected chi connectivity index (χ1v) is 9.84. The number of amides is 2. The molecule has 0 aliphatic carbocycles. The molecular weight excluding hydrogens is 394 g/mol. The van der Waals surface area contributed by atoms with Gasteiger partial charge in [-0.25, -0.2) is 19.2 Å². The summed E-state index contributed by atoms with van der Waals surface area (Å²) in [5.74, 6) is -0.689. The van der Waals surface area contributed by atoms with Crippen LogP contribution in [0, 0.1) is 11.3 Å². The minimum Gasteiger partial charge on any atom is -0.349 e. The third-order valence-electron chi connectivity index (χ3n) is 3.78. The Hall–Kier alpha value is -1.64. The fourth-order valence-corrected chi connectivity index (χ4v) is 3.88. The van der Waals surface area contributed by atoms with Crippen LogP contribution < -0.4 is 10.4 Å². The summed E-state index contributed by atoms with van der Waals surface area (Å²) in [5.41, 5.74) is -0.127. The molecule has 1 saturated heterocycles. The van der Waals surface area contributed by atoms with Gasteiger partial charge in [0.25, 0.3) is 8.53 Å². The smallest absolute Gasteiger partial charge is 0.328 e. The second-order valence-electron chi connectivity index (χ2n) is 6.38. The van der Waals surface area contributed by atoms with Gasteiger partial charge in [-0.15, -0.1) is 0 Å². The number of allylic oxidation sites excluding steroid dienone is 1. The van der Waals surface area contributed by atoms with Gasteiger partial charge in [0, 0.05) is 18.7 Å². The zero-order valence-electron chi connectivity index (χ0n) is 15.6. The second-order valence-corrected chi connectivity index (χ2v) is 7.62. The molecule has 4 atom stereocenters. The van der Waals surface area contributed by atoms with Crippen molar-refractivity contribution in [2.45, 2.75) is 51.2 Å². The van der Waals surface area contributed by atoms with E-state index in [2.05, 4.69) is 21.9 Å². The molecule has 3 N–H and O–H groups in total. The highest BCUT2D eigenvalue weighted by molar-refractivity contribution is 7.45. The minimum atomic E-state index is -1.56. The van der Waals surface area contributed by atoms with Crippen molar-refractivity contribution in [2.24, 2.45) is 0 Å². The highest BCUT2D eigenvalue weighted by atomic mass is 31.2. The number of nitrogens with zero attached hydrogens (tertiary/aromatic N) is 2. The monoisotopic (exact) mass is 418 g/mol. The van der Waals surface area contributed by atoms with E-state index in [1.807, 2.05) is 19.9 Å². The first-order valence-electron chi connectivity index (χ1n) is 8.66. The van der Waals surface area contributed by atoms with E-state index in [1.54, 1.807) is 0 Å². The van der Waals surface area contributed by atoms with Gasteiger partial charge in [0.15, 0.2) is 5.83 Å². The van der Waals surface area contributed by atoms with Crippen molar-refractivity contribution >= 4 is 14.6 Å². The zero-order chi connectivity index (χ0) is 20.7. The fraction of sp³-hybridized carbons (Fsp3) is 0.625. The molecule has 156 valence electrons. The Morgan fingerprint density at radius 1 is 1.64 bits per heavy atom. The molecule has 0 aromatic rings. The lowest BCUT2D eigenvalue weighted by Gasteiger charge is -2.29. The SMILES string of the molecule is C=C1NC(=O)N(C2CC(OP(NC(C)C)OCCC#N)C(COO)O2)C=C1F. The Kier molecular flexibility index (Phi) is 8.72. The molecule has 1 fully saturated rings. The molecule has 4 unspecified atom stereocenters. The van der Waals surface area contributed by atoms with Crippen LogP contribution >= 0.6 is 8.53 Å². The van der Waals surface area contributed by atoms with Crippen molar-refractivity contribution in [1.29, 1.82) is 5.26 Å². The maximum absolute atomic E-state index is 13.8. The van der Waals surface area contributed by atoms with Gasteiger partial charge in [0.1, 0.15) is 18.9 Å². The highest BCUT2D eigenvalue weighted by Gasteiger charge is 2.43. The first-order chi connectivity index (χ1) is 13.3. The molecule has 2 heterocycles. The van der Waals surface area contributed by atoms with E-state index in [9.17, 15) is 9.18 Å². The molecule has 0 spiro atoms. The van der Waals surface area contributed by atoms with Gasteiger partial charge in [-0.1, -0.05) is 6.58 Å². The molecule has 0 aromatic heterocycles. The zero-order valence-corrected chi connectivity index (χ0v) is 16.5. The largest absolute Gasteiger partial charge is 0.349 e. The molecule has 2 aliphatic heterocycles. The number of nitrogens with one attached hydrogen (secondary N) is 2. The first kappa shape index (κ1) is 22.6. The molecular formula is C16H24FN4O6P. The number of carbonyl (C=O) groups is 1. The molecule has 2 aliphatic rings. The summed E-state index contributed by atoms with van der Waals surface area (Å²) >= 11 is 0. The summed E-state index contributed by atoms with van der Waals surface area (Å²) in [4.78, 5) is 17.4. The van der Waals surface area contributed by atoms with Crippen LogP contribution in [0.2, 0.25) is 0 Å². The Morgan fingerprint density at radius 2 is 2.39 bits per heavy atom. The molecule has 10 nitrogen and oxygen atoms in total. The lowest BCUT2D eigenvalue weighted by atomic mass is 10.2. The average Bonchev–Trinajstić information content (AvgIpc) is 3.00. The Morgan fingerprint density at radius 3 is 3.04 bits per heavy atom. The average molecular weight is 418 g/mol. The van der Waals surface area contributed by atoms with Gasteiger partial charge >= 0.3 is 6.03 Å². The maximum Gasteiger partial charge on any atom is 0.328 e. The molecule has 2 rings (SSSR count). The third-order valence-corrected chi connectivity index (χ3v) is 5.39. The van der Waals surface area contributed by atoms with E-state index in [4.69, 9.17) is 24.3 Å². The van der Waals surface area contributed by atoms with Gasteiger partial charge in [-0.2, -0.15) is 5.26 Å². The van der Waals surface area contributed by atoms with Crippen LogP contribution in [-0.4, -0.2) is 53.9 Å². The van der Waals surface area contributed by atoms with Crippen LogP contribution in [0.1, 0.15) is 26.7 Å². The van der Waals surface area contributed by atoms with Crippen molar-refractivity contribution < 1.29 is 33.1 Å². The second kappa shape index (κ2) is 10.8. The molecule has 0 saturated carbocycles. The van der Waals surface area contributed by atoms with Crippen molar-refractivity contribution in [3.05, 3.63) is 24.3 Å². The number of nitriles is 1. The number of rotatable bonds is 10. The van der Waals surface area contributed by atoms with Crippen LogP contribution in [0.25, 0.3) is 0 Å². The number of hydrogen-bond donors (Lipinski definition) is 3. The maximum atomic E-state index is 13.8. The van der Waals surface area contributed by atoms with E-state index in [0.29, 0.717) is 0 Å². The van der Waals surface area contributed by atoms with Crippen LogP contribution in [0.15, 0.2) is 24.3 Å². The standard InChI is InChI=1S/C16H24FN4O6P/c1-10(2)20-28(25-6-4-5-18)27-13-7-15(26-14(13)9-24-23)21-8-12(17)11(3)19-16(21)22/h8,10,13-15,20,23H,3-4,6-7,9H2,1-2H3,(H,19,22). The van der Waals surface area contributed by atoms with Crippen molar-refractivity contribution in [3.63, 3.8) is 0 Å². The summed E-state index contributed by atoms with van der Waals surface area (Å²) in [7, 11) is -1.56. The molecule has 28 heavy (non-hydrogen) atoms.